The van der Waals surface area contributed by atoms with Crippen molar-refractivity contribution in [2.75, 3.05) is 6.54 Å². The van der Waals surface area contributed by atoms with Crippen LogP contribution >= 0.6 is 11.8 Å². The predicted molar refractivity (Wildman–Crippen MR) is 120 cm³/mol. The zero-order chi connectivity index (χ0) is 21.8. The molecule has 0 unspecified atom stereocenters. The van der Waals surface area contributed by atoms with Gasteiger partial charge in [-0.15, -0.1) is 0 Å². The van der Waals surface area contributed by atoms with Crippen LogP contribution in [0.5, 0.6) is 0 Å². The highest BCUT2D eigenvalue weighted by molar-refractivity contribution is 8.00. The second kappa shape index (κ2) is 9.26. The van der Waals surface area contributed by atoms with E-state index >= 15 is 0 Å². The molecule has 2 aromatic carbocycles. The summed E-state index contributed by atoms with van der Waals surface area (Å²) in [6.07, 6.45) is 3.12. The molecule has 2 aromatic heterocycles. The fourth-order valence-corrected chi connectivity index (χ4v) is 4.11. The lowest BCUT2D eigenvalue weighted by Gasteiger charge is -2.16. The van der Waals surface area contributed by atoms with Gasteiger partial charge in [0.25, 0.3) is 0 Å². The summed E-state index contributed by atoms with van der Waals surface area (Å²) in [4.78, 5) is 21.3. The molecule has 0 bridgehead atoms. The van der Waals surface area contributed by atoms with Crippen LogP contribution < -0.4 is 5.32 Å². The molecule has 4 rings (SSSR count). The van der Waals surface area contributed by atoms with E-state index in [9.17, 15) is 9.18 Å². The summed E-state index contributed by atoms with van der Waals surface area (Å²) in [6, 6.07) is 16.1. The van der Waals surface area contributed by atoms with Crippen molar-refractivity contribution in [2.24, 2.45) is 0 Å². The number of halogens is 1. The number of amides is 1. The van der Waals surface area contributed by atoms with Gasteiger partial charge in [0.2, 0.25) is 5.91 Å². The van der Waals surface area contributed by atoms with Crippen LogP contribution in [0.3, 0.4) is 0 Å². The summed E-state index contributed by atoms with van der Waals surface area (Å²) in [7, 11) is 0. The van der Waals surface area contributed by atoms with Crippen molar-refractivity contribution >= 4 is 28.7 Å². The number of carbonyl (C=O) groups is 1. The third-order valence-electron chi connectivity index (χ3n) is 5.01. The van der Waals surface area contributed by atoms with Crippen molar-refractivity contribution in [1.82, 2.24) is 25.1 Å². The number of fused-ring (bicyclic) bond motifs is 1. The van der Waals surface area contributed by atoms with Gasteiger partial charge in [0, 0.05) is 6.54 Å². The van der Waals surface area contributed by atoms with Gasteiger partial charge in [-0.3, -0.25) is 4.79 Å². The maximum Gasteiger partial charge on any atom is 0.233 e. The van der Waals surface area contributed by atoms with E-state index in [-0.39, 0.29) is 22.9 Å². The van der Waals surface area contributed by atoms with Crippen LogP contribution in [0.15, 0.2) is 72.1 Å². The molecule has 1 N–H and O–H groups in total. The molecule has 0 saturated heterocycles. The van der Waals surface area contributed by atoms with Crippen LogP contribution in [0, 0.1) is 5.82 Å². The lowest BCUT2D eigenvalue weighted by Crippen LogP contribution is -2.33. The fourth-order valence-electron chi connectivity index (χ4n) is 3.21. The molecule has 0 fully saturated rings. The molecule has 4 aromatic rings. The molecule has 0 spiro atoms. The minimum Gasteiger partial charge on any atom is -0.355 e. The number of rotatable bonds is 7. The summed E-state index contributed by atoms with van der Waals surface area (Å²) in [5, 5.41) is 8.49. The van der Waals surface area contributed by atoms with Gasteiger partial charge in [0.15, 0.2) is 5.65 Å². The highest BCUT2D eigenvalue weighted by Gasteiger charge is 2.19. The van der Waals surface area contributed by atoms with Crippen LogP contribution in [0.4, 0.5) is 4.39 Å². The summed E-state index contributed by atoms with van der Waals surface area (Å²) >= 11 is 1.36. The van der Waals surface area contributed by atoms with E-state index in [4.69, 9.17) is 0 Å². The molecule has 0 radical (unpaired) electrons. The van der Waals surface area contributed by atoms with Crippen LogP contribution in [0.1, 0.15) is 25.3 Å². The Morgan fingerprint density at radius 1 is 1.10 bits per heavy atom. The minimum absolute atomic E-state index is 0.0505. The third kappa shape index (κ3) is 4.74. The van der Waals surface area contributed by atoms with Crippen molar-refractivity contribution in [3.8, 4) is 5.69 Å². The average Bonchev–Trinajstić information content (AvgIpc) is 3.23. The Bertz CT molecular complexity index is 1180. The lowest BCUT2D eigenvalue weighted by molar-refractivity contribution is -0.120. The number of carbonyl (C=O) groups excluding carboxylic acids is 1. The van der Waals surface area contributed by atoms with E-state index in [0.29, 0.717) is 22.9 Å². The molecule has 6 nitrogen and oxygen atoms in total. The molecular formula is C23H22FN5OS. The SMILES string of the molecule is C[C@H](Sc1ncnc2c1cnn2-c1ccc(F)cc1)C(=O)NC[C@H](C)c1ccccc1. The zero-order valence-corrected chi connectivity index (χ0v) is 18.0. The van der Waals surface area contributed by atoms with Crippen LogP contribution in [0.2, 0.25) is 0 Å². The Kier molecular flexibility index (Phi) is 6.27. The molecule has 0 aliphatic carbocycles. The minimum atomic E-state index is -0.338. The maximum absolute atomic E-state index is 13.2. The molecular weight excluding hydrogens is 413 g/mol. The molecule has 1 amide bonds. The van der Waals surface area contributed by atoms with Crippen molar-refractivity contribution < 1.29 is 9.18 Å². The number of benzene rings is 2. The van der Waals surface area contributed by atoms with E-state index in [1.807, 2.05) is 25.1 Å². The van der Waals surface area contributed by atoms with E-state index in [2.05, 4.69) is 39.4 Å². The van der Waals surface area contributed by atoms with E-state index in [0.717, 1.165) is 5.39 Å². The number of hydrogen-bond acceptors (Lipinski definition) is 5. The predicted octanol–water partition coefficient (Wildman–Crippen LogP) is 4.36. The van der Waals surface area contributed by atoms with Gasteiger partial charge < -0.3 is 5.32 Å². The smallest absolute Gasteiger partial charge is 0.233 e. The topological polar surface area (TPSA) is 72.7 Å². The van der Waals surface area contributed by atoms with Crippen molar-refractivity contribution in [3.63, 3.8) is 0 Å². The summed E-state index contributed by atoms with van der Waals surface area (Å²) in [6.45, 7) is 4.51. The molecule has 0 aliphatic heterocycles. The van der Waals surface area contributed by atoms with Crippen LogP contribution in [-0.4, -0.2) is 37.5 Å². The number of nitrogens with one attached hydrogen (secondary N) is 1. The molecule has 0 saturated carbocycles. The second-order valence-electron chi connectivity index (χ2n) is 7.27. The Balaban J connectivity index is 1.45. The first-order valence-corrected chi connectivity index (χ1v) is 10.8. The third-order valence-corrected chi connectivity index (χ3v) is 6.13. The maximum atomic E-state index is 13.2. The Morgan fingerprint density at radius 3 is 2.58 bits per heavy atom. The number of hydrogen-bond donors (Lipinski definition) is 1. The highest BCUT2D eigenvalue weighted by atomic mass is 32.2. The molecule has 31 heavy (non-hydrogen) atoms. The monoisotopic (exact) mass is 435 g/mol. The molecule has 0 aliphatic rings. The van der Waals surface area contributed by atoms with Crippen LogP contribution in [0.25, 0.3) is 16.7 Å². The van der Waals surface area contributed by atoms with Gasteiger partial charge in [-0.25, -0.2) is 19.0 Å². The first kappa shape index (κ1) is 21.0. The summed E-state index contributed by atoms with van der Waals surface area (Å²) in [5.41, 5.74) is 2.50. The highest BCUT2D eigenvalue weighted by Crippen LogP contribution is 2.29. The standard InChI is InChI=1S/C23H22FN5OS/c1-15(17-6-4-3-5-7-17)12-25-22(30)16(2)31-23-20-13-28-29(21(20)26-14-27-23)19-10-8-18(24)9-11-19/h3-11,13-16H,12H2,1-2H3,(H,25,30)/t15-,16-/m0/s1. The summed E-state index contributed by atoms with van der Waals surface area (Å²) in [5.74, 6) is -0.139. The summed E-state index contributed by atoms with van der Waals surface area (Å²) < 4.78 is 14.9. The van der Waals surface area contributed by atoms with Crippen molar-refractivity contribution in [3.05, 3.63) is 78.5 Å². The first-order valence-electron chi connectivity index (χ1n) is 9.97. The number of thioether (sulfide) groups is 1. The van der Waals surface area contributed by atoms with Gasteiger partial charge in [-0.05, 0) is 42.7 Å². The fraction of sp³-hybridized carbons (Fsp3) is 0.217. The van der Waals surface area contributed by atoms with Gasteiger partial charge in [0.1, 0.15) is 17.2 Å². The van der Waals surface area contributed by atoms with Gasteiger partial charge in [-0.2, -0.15) is 5.10 Å². The van der Waals surface area contributed by atoms with Gasteiger partial charge in [0.05, 0.1) is 22.5 Å². The van der Waals surface area contributed by atoms with Crippen molar-refractivity contribution in [2.45, 2.75) is 30.0 Å². The van der Waals surface area contributed by atoms with Crippen molar-refractivity contribution in [1.29, 1.82) is 0 Å². The van der Waals surface area contributed by atoms with Gasteiger partial charge >= 0.3 is 0 Å². The quantitative estimate of drug-likeness (QED) is 0.345. The molecule has 158 valence electrons. The lowest BCUT2D eigenvalue weighted by atomic mass is 10.0. The Labute approximate surface area is 183 Å². The molecule has 8 heteroatoms. The van der Waals surface area contributed by atoms with E-state index in [1.54, 1.807) is 23.0 Å². The number of aromatic nitrogens is 4. The van der Waals surface area contributed by atoms with Crippen LogP contribution in [-0.2, 0) is 4.79 Å². The second-order valence-corrected chi connectivity index (χ2v) is 8.60. The first-order chi connectivity index (χ1) is 15.0. The molecule has 2 heterocycles. The van der Waals surface area contributed by atoms with E-state index in [1.165, 1.54) is 35.8 Å². The van der Waals surface area contributed by atoms with Gasteiger partial charge in [-0.1, -0.05) is 49.0 Å². The normalized spacial score (nSPS) is 13.1. The average molecular weight is 436 g/mol. The van der Waals surface area contributed by atoms with E-state index < -0.39 is 0 Å². The molecule has 2 atom stereocenters. The zero-order valence-electron chi connectivity index (χ0n) is 17.2. The Morgan fingerprint density at radius 2 is 1.84 bits per heavy atom. The Hall–Kier alpha value is -3.26. The largest absolute Gasteiger partial charge is 0.355 e. The number of nitrogens with zero attached hydrogens (tertiary/aromatic N) is 4.